The van der Waals surface area contributed by atoms with Gasteiger partial charge in [0.25, 0.3) is 12.4 Å². The first-order chi connectivity index (χ1) is 15.5. The van der Waals surface area contributed by atoms with Gasteiger partial charge in [-0.1, -0.05) is 6.92 Å². The number of anilines is 1. The van der Waals surface area contributed by atoms with Crippen molar-refractivity contribution in [1.82, 2.24) is 25.3 Å². The molecule has 0 spiro atoms. The molecule has 10 nitrogen and oxygen atoms in total. The highest BCUT2D eigenvalue weighted by Crippen LogP contribution is 2.28. The lowest BCUT2D eigenvalue weighted by Gasteiger charge is -2.44. The van der Waals surface area contributed by atoms with E-state index in [4.69, 9.17) is 9.90 Å². The molecule has 2 bridgehead atoms. The molecule has 0 radical (unpaired) electrons. The quantitative estimate of drug-likeness (QED) is 0.505. The highest BCUT2D eigenvalue weighted by molar-refractivity contribution is 6.06. The second-order valence-corrected chi connectivity index (χ2v) is 8.10. The van der Waals surface area contributed by atoms with Gasteiger partial charge in [-0.25, -0.2) is 4.79 Å². The summed E-state index contributed by atoms with van der Waals surface area (Å²) in [7, 11) is 0. The molecular weight excluding hydrogens is 412 g/mol. The number of amides is 3. The van der Waals surface area contributed by atoms with Crippen LogP contribution in [0, 0.1) is 5.92 Å². The Labute approximate surface area is 187 Å². The molecule has 1 atom stereocenters. The smallest absolute Gasteiger partial charge is 0.319 e. The van der Waals surface area contributed by atoms with Crippen molar-refractivity contribution < 1.29 is 19.5 Å². The molecule has 4 N–H and O–H groups in total. The van der Waals surface area contributed by atoms with Crippen LogP contribution in [0.25, 0.3) is 10.9 Å². The van der Waals surface area contributed by atoms with Gasteiger partial charge in [-0.05, 0) is 63.4 Å². The van der Waals surface area contributed by atoms with Gasteiger partial charge in [-0.3, -0.25) is 14.3 Å². The topological polar surface area (TPSA) is 129 Å². The first-order valence-corrected chi connectivity index (χ1v) is 11.2. The molecule has 0 unspecified atom stereocenters. The van der Waals surface area contributed by atoms with E-state index in [0.717, 1.165) is 49.8 Å². The van der Waals surface area contributed by atoms with E-state index >= 15 is 0 Å². The minimum Gasteiger partial charge on any atom is -0.483 e. The Kier molecular flexibility index (Phi) is 8.04. The summed E-state index contributed by atoms with van der Waals surface area (Å²) in [4.78, 5) is 35.9. The maximum absolute atomic E-state index is 13.1. The molecule has 5 rings (SSSR count). The summed E-state index contributed by atoms with van der Waals surface area (Å²) < 4.78 is 1.84. The third-order valence-corrected chi connectivity index (χ3v) is 6.03. The number of carbonyl (C=O) groups is 3. The minimum atomic E-state index is -0.250. The average Bonchev–Trinajstić information content (AvgIpc) is 3.17. The summed E-state index contributed by atoms with van der Waals surface area (Å²) in [5.74, 6) is 0.427. The highest BCUT2D eigenvalue weighted by atomic mass is 16.3. The predicted octanol–water partition coefficient (Wildman–Crippen LogP) is 2.11. The Morgan fingerprint density at radius 2 is 1.97 bits per heavy atom. The second-order valence-electron chi connectivity index (χ2n) is 8.10. The third-order valence-electron chi connectivity index (χ3n) is 6.03. The van der Waals surface area contributed by atoms with Crippen molar-refractivity contribution in [3.05, 3.63) is 23.9 Å². The van der Waals surface area contributed by atoms with E-state index in [0.29, 0.717) is 30.4 Å². The van der Waals surface area contributed by atoms with Gasteiger partial charge in [0.1, 0.15) is 0 Å². The van der Waals surface area contributed by atoms with Gasteiger partial charge in [0.05, 0.1) is 5.52 Å². The van der Waals surface area contributed by atoms with Crippen LogP contribution < -0.4 is 16.0 Å². The molecule has 3 aliphatic heterocycles. The number of rotatable bonds is 6. The van der Waals surface area contributed by atoms with Crippen LogP contribution in [-0.2, 0) is 11.3 Å². The van der Waals surface area contributed by atoms with Crippen LogP contribution in [0.15, 0.2) is 18.2 Å². The zero-order valence-corrected chi connectivity index (χ0v) is 18.6. The van der Waals surface area contributed by atoms with Gasteiger partial charge in [-0.2, -0.15) is 5.10 Å². The monoisotopic (exact) mass is 444 g/mol. The fourth-order valence-electron chi connectivity index (χ4n) is 4.44. The van der Waals surface area contributed by atoms with E-state index in [1.165, 1.54) is 0 Å². The van der Waals surface area contributed by atoms with Crippen molar-refractivity contribution in [1.29, 1.82) is 0 Å². The van der Waals surface area contributed by atoms with Crippen LogP contribution in [0.4, 0.5) is 10.5 Å². The summed E-state index contributed by atoms with van der Waals surface area (Å²) in [5, 5.41) is 21.1. The molecule has 3 fully saturated rings. The summed E-state index contributed by atoms with van der Waals surface area (Å²) in [5.41, 5.74) is 1.97. The van der Waals surface area contributed by atoms with Crippen LogP contribution in [0.3, 0.4) is 0 Å². The van der Waals surface area contributed by atoms with Crippen LogP contribution in [-0.4, -0.2) is 70.4 Å². The van der Waals surface area contributed by atoms with Gasteiger partial charge < -0.3 is 26.0 Å². The summed E-state index contributed by atoms with van der Waals surface area (Å²) >= 11 is 0. The Morgan fingerprint density at radius 1 is 1.25 bits per heavy atom. The fourth-order valence-corrected chi connectivity index (χ4v) is 4.44. The summed E-state index contributed by atoms with van der Waals surface area (Å²) in [6, 6.07) is 5.54. The number of aromatic nitrogens is 2. The lowest BCUT2D eigenvalue weighted by molar-refractivity contribution is -0.122. The molecule has 10 heteroatoms. The Hall–Kier alpha value is -3.14. The van der Waals surface area contributed by atoms with Gasteiger partial charge in [0.2, 0.25) is 0 Å². The second kappa shape index (κ2) is 10.9. The molecule has 3 amide bonds. The van der Waals surface area contributed by atoms with Crippen LogP contribution >= 0.6 is 0 Å². The van der Waals surface area contributed by atoms with Gasteiger partial charge in [0, 0.05) is 36.7 Å². The average molecular weight is 445 g/mol. The first kappa shape index (κ1) is 23.5. The van der Waals surface area contributed by atoms with Crippen molar-refractivity contribution in [3.63, 3.8) is 0 Å². The third kappa shape index (κ3) is 5.37. The molecule has 1 aromatic heterocycles. The minimum absolute atomic E-state index is 0.131. The molecule has 32 heavy (non-hydrogen) atoms. The zero-order chi connectivity index (χ0) is 23.1. The van der Waals surface area contributed by atoms with Crippen molar-refractivity contribution in [2.45, 2.75) is 45.7 Å². The molecule has 2 aromatic rings. The summed E-state index contributed by atoms with van der Waals surface area (Å²) in [6.45, 7) is 8.26. The highest BCUT2D eigenvalue weighted by Gasteiger charge is 2.35. The number of aryl methyl sites for hydroxylation is 1. The number of benzene rings is 1. The van der Waals surface area contributed by atoms with E-state index < -0.39 is 0 Å². The van der Waals surface area contributed by atoms with Crippen molar-refractivity contribution >= 4 is 35.0 Å². The fraction of sp³-hybridized carbons (Fsp3) is 0.545. The molecule has 0 saturated carbocycles. The maximum Gasteiger partial charge on any atom is 0.319 e. The molecule has 3 aliphatic rings. The number of hydrogen-bond donors (Lipinski definition) is 4. The van der Waals surface area contributed by atoms with Gasteiger partial charge in [0.15, 0.2) is 5.69 Å². The van der Waals surface area contributed by atoms with Gasteiger partial charge in [-0.15, -0.1) is 0 Å². The number of urea groups is 1. The number of carboxylic acid groups (broad SMARTS) is 1. The summed E-state index contributed by atoms with van der Waals surface area (Å²) in [6.07, 6.45) is 3.17. The van der Waals surface area contributed by atoms with E-state index in [1.807, 2.05) is 36.7 Å². The number of nitrogens with one attached hydrogen (secondary N) is 3. The van der Waals surface area contributed by atoms with Crippen LogP contribution in [0.2, 0.25) is 0 Å². The van der Waals surface area contributed by atoms with Crippen molar-refractivity contribution in [2.24, 2.45) is 5.92 Å². The lowest BCUT2D eigenvalue weighted by Crippen LogP contribution is -2.57. The largest absolute Gasteiger partial charge is 0.483 e. The van der Waals surface area contributed by atoms with E-state index in [2.05, 4.69) is 25.9 Å². The Bertz CT molecular complexity index is 951. The van der Waals surface area contributed by atoms with Crippen molar-refractivity contribution in [2.75, 3.05) is 31.5 Å². The molecule has 3 saturated heterocycles. The normalized spacial score (nSPS) is 21.4. The van der Waals surface area contributed by atoms with Gasteiger partial charge >= 0.3 is 6.03 Å². The number of hydrogen-bond acceptors (Lipinski definition) is 5. The number of piperidine rings is 3. The number of nitrogens with zero attached hydrogens (tertiary/aromatic N) is 3. The van der Waals surface area contributed by atoms with Crippen LogP contribution in [0.5, 0.6) is 0 Å². The molecule has 0 aliphatic carbocycles. The predicted molar refractivity (Wildman–Crippen MR) is 122 cm³/mol. The van der Waals surface area contributed by atoms with Crippen molar-refractivity contribution in [3.8, 4) is 0 Å². The molecular formula is C22H32N6O4. The molecule has 174 valence electrons. The van der Waals surface area contributed by atoms with Crippen LogP contribution in [0.1, 0.15) is 43.6 Å². The lowest BCUT2D eigenvalue weighted by atomic mass is 9.84. The molecule has 4 heterocycles. The number of fused-ring (bicyclic) bond motifs is 4. The first-order valence-electron chi connectivity index (χ1n) is 11.2. The van der Waals surface area contributed by atoms with E-state index in [9.17, 15) is 9.59 Å². The Balaban J connectivity index is 0.000000913. The number of carbonyl (C=O) groups excluding carboxylic acids is 2. The SMILES string of the molecule is CCCNC(=O)Nc1ccc2c(c1)c(C(=O)N[C@@H]1CN3CCC1CC3)nn2CC.O=CO. The maximum atomic E-state index is 13.1. The standard InChI is InChI=1S/C21H30N6O2.CH2O2/c1-3-9-22-21(29)23-15-5-6-18-16(12-15)19(25-27(18)4-2)20(28)24-17-13-26-10-7-14(17)8-11-26;2-1-3/h5-6,12,14,17H,3-4,7-11,13H2,1-2H3,(H,24,28)(H2,22,23,29);1H,(H,2,3)/t17-;/m1./s1. The Morgan fingerprint density at radius 3 is 2.56 bits per heavy atom. The zero-order valence-electron chi connectivity index (χ0n) is 18.6. The van der Waals surface area contributed by atoms with E-state index in [1.54, 1.807) is 0 Å². The van der Waals surface area contributed by atoms with E-state index in [-0.39, 0.29) is 24.5 Å². The molecule has 1 aromatic carbocycles.